The number of benzene rings is 1. The Kier molecular flexibility index (Phi) is 4.31. The molecule has 140 valence electrons. The molecule has 0 spiro atoms. The molecule has 0 amide bonds. The van der Waals surface area contributed by atoms with E-state index in [1.54, 1.807) is 7.11 Å². The number of ether oxygens (including phenoxy) is 1. The van der Waals surface area contributed by atoms with Crippen LogP contribution in [0.2, 0.25) is 0 Å². The summed E-state index contributed by atoms with van der Waals surface area (Å²) in [6.07, 6.45) is 4.33. The van der Waals surface area contributed by atoms with E-state index in [2.05, 4.69) is 41.1 Å². The van der Waals surface area contributed by atoms with Crippen molar-refractivity contribution < 1.29 is 9.53 Å². The van der Waals surface area contributed by atoms with E-state index in [9.17, 15) is 4.79 Å². The third kappa shape index (κ3) is 2.15. The van der Waals surface area contributed by atoms with Gasteiger partial charge in [-0.3, -0.25) is 9.69 Å². The van der Waals surface area contributed by atoms with E-state index in [4.69, 9.17) is 4.74 Å². The van der Waals surface area contributed by atoms with Crippen LogP contribution in [0.5, 0.6) is 0 Å². The van der Waals surface area contributed by atoms with Gasteiger partial charge in [0.1, 0.15) is 5.41 Å². The molecule has 3 fully saturated rings. The van der Waals surface area contributed by atoms with E-state index >= 15 is 0 Å². The summed E-state index contributed by atoms with van der Waals surface area (Å²) >= 11 is 0. The second kappa shape index (κ2) is 6.28. The fourth-order valence-electron chi connectivity index (χ4n) is 6.27. The van der Waals surface area contributed by atoms with E-state index in [-0.39, 0.29) is 24.4 Å². The van der Waals surface area contributed by atoms with Crippen LogP contribution >= 0.6 is 12.4 Å². The van der Waals surface area contributed by atoms with Gasteiger partial charge in [0.25, 0.3) is 0 Å². The average molecular weight is 375 g/mol. The molecule has 1 N–H and O–H groups in total. The summed E-state index contributed by atoms with van der Waals surface area (Å²) in [6, 6.07) is 8.75. The van der Waals surface area contributed by atoms with Crippen molar-refractivity contribution in [2.45, 2.75) is 44.1 Å². The number of nitrogens with one attached hydrogen (secondary N) is 1. The molecule has 4 aliphatic rings. The Hall–Kier alpha value is -1.52. The molecule has 1 saturated carbocycles. The molecule has 2 aromatic rings. The monoisotopic (exact) mass is 374 g/mol. The lowest BCUT2D eigenvalue weighted by Gasteiger charge is -2.57. The van der Waals surface area contributed by atoms with E-state index < -0.39 is 5.41 Å². The molecule has 5 heteroatoms. The lowest BCUT2D eigenvalue weighted by molar-refractivity contribution is -0.162. The Labute approximate surface area is 160 Å². The smallest absolute Gasteiger partial charge is 0.319 e. The molecule has 5 atom stereocenters. The number of aromatic nitrogens is 1. The fraction of sp³-hybridized carbons (Fsp3) is 0.571. The van der Waals surface area contributed by atoms with E-state index in [1.807, 2.05) is 0 Å². The first-order chi connectivity index (χ1) is 12.2. The first kappa shape index (κ1) is 17.9. The standard InChI is InChI=1S/C21H26N2O2.ClH/c1-3-14-10-13-11-21(20(24)25-2)18-16(8-9-23(12-13)19(14)21)15-6-4-5-7-17(15)22-18;/h4-7,13-14,19,22H,3,8-12H2,1-2H3;1H/t13-,14+,19+,21-;/m1./s1. The minimum absolute atomic E-state index is 0. The van der Waals surface area contributed by atoms with Gasteiger partial charge in [-0.05, 0) is 42.7 Å². The highest BCUT2D eigenvalue weighted by Crippen LogP contribution is 2.55. The Bertz CT molecular complexity index is 848. The summed E-state index contributed by atoms with van der Waals surface area (Å²) in [7, 11) is 1.55. The number of hydrogen-bond donors (Lipinski definition) is 1. The van der Waals surface area contributed by atoms with Crippen LogP contribution in [0, 0.1) is 11.8 Å². The number of nitrogens with zero attached hydrogens (tertiary/aromatic N) is 1. The maximum Gasteiger partial charge on any atom is 0.319 e. The predicted octanol–water partition coefficient (Wildman–Crippen LogP) is 3.68. The molecule has 1 aliphatic carbocycles. The second-order valence-corrected chi connectivity index (χ2v) is 8.15. The Morgan fingerprint density at radius 3 is 2.96 bits per heavy atom. The summed E-state index contributed by atoms with van der Waals surface area (Å²) in [5.74, 6) is 1.12. The summed E-state index contributed by atoms with van der Waals surface area (Å²) in [6.45, 7) is 4.46. The number of esters is 1. The number of aromatic amines is 1. The number of para-hydroxylation sites is 1. The maximum atomic E-state index is 13.3. The van der Waals surface area contributed by atoms with Gasteiger partial charge >= 0.3 is 5.97 Å². The van der Waals surface area contributed by atoms with Crippen LogP contribution in [0.25, 0.3) is 10.9 Å². The molecule has 1 unspecified atom stereocenters. The number of piperidine rings is 2. The minimum Gasteiger partial charge on any atom is -0.468 e. The van der Waals surface area contributed by atoms with Gasteiger partial charge in [0, 0.05) is 35.7 Å². The van der Waals surface area contributed by atoms with Gasteiger partial charge < -0.3 is 9.72 Å². The van der Waals surface area contributed by atoms with E-state index in [0.29, 0.717) is 11.8 Å². The lowest BCUT2D eigenvalue weighted by atomic mass is 9.56. The van der Waals surface area contributed by atoms with Crippen molar-refractivity contribution in [1.29, 1.82) is 0 Å². The molecule has 4 heterocycles. The first-order valence-electron chi connectivity index (χ1n) is 9.61. The molecule has 4 bridgehead atoms. The van der Waals surface area contributed by atoms with Crippen molar-refractivity contribution in [2.24, 2.45) is 11.8 Å². The lowest BCUT2D eigenvalue weighted by Crippen LogP contribution is -2.67. The van der Waals surface area contributed by atoms with E-state index in [0.717, 1.165) is 43.6 Å². The molecule has 26 heavy (non-hydrogen) atoms. The molecular formula is C21H27ClN2O2. The van der Waals surface area contributed by atoms with E-state index in [1.165, 1.54) is 17.4 Å². The second-order valence-electron chi connectivity index (χ2n) is 8.15. The topological polar surface area (TPSA) is 45.3 Å². The summed E-state index contributed by atoms with van der Waals surface area (Å²) < 4.78 is 5.43. The number of halogens is 1. The van der Waals surface area contributed by atoms with Gasteiger partial charge in [-0.25, -0.2) is 0 Å². The van der Waals surface area contributed by atoms with Gasteiger partial charge in [-0.15, -0.1) is 12.4 Å². The van der Waals surface area contributed by atoms with Crippen LogP contribution in [-0.4, -0.2) is 42.1 Å². The molecule has 0 radical (unpaired) electrons. The van der Waals surface area contributed by atoms with Gasteiger partial charge in [-0.2, -0.15) is 0 Å². The quantitative estimate of drug-likeness (QED) is 0.815. The molecule has 1 aromatic carbocycles. The predicted molar refractivity (Wildman–Crippen MR) is 105 cm³/mol. The number of hydrogen-bond acceptors (Lipinski definition) is 3. The SMILES string of the molecule is CC[C@H]1C[C@H]2CN3CCc4c([nH]c5ccccc45)[C@](C(=O)OC)(C2)[C@H]13.Cl. The number of H-pyrrole nitrogens is 1. The zero-order valence-corrected chi connectivity index (χ0v) is 16.3. The van der Waals surface area contributed by atoms with Crippen LogP contribution in [0.15, 0.2) is 24.3 Å². The van der Waals surface area contributed by atoms with Crippen molar-refractivity contribution in [3.8, 4) is 0 Å². The summed E-state index contributed by atoms with van der Waals surface area (Å²) in [5.41, 5.74) is 3.11. The highest BCUT2D eigenvalue weighted by molar-refractivity contribution is 5.91. The van der Waals surface area contributed by atoms with Crippen LogP contribution < -0.4 is 0 Å². The van der Waals surface area contributed by atoms with Crippen LogP contribution in [0.4, 0.5) is 0 Å². The molecule has 2 saturated heterocycles. The summed E-state index contributed by atoms with van der Waals surface area (Å²) in [4.78, 5) is 19.5. The van der Waals surface area contributed by atoms with Crippen molar-refractivity contribution >= 4 is 29.3 Å². The third-order valence-corrected chi connectivity index (χ3v) is 7.07. The van der Waals surface area contributed by atoms with Crippen LogP contribution in [0.1, 0.15) is 37.4 Å². The van der Waals surface area contributed by atoms with Gasteiger partial charge in [0.05, 0.1) is 7.11 Å². The minimum atomic E-state index is -0.526. The molecule has 1 aromatic heterocycles. The zero-order chi connectivity index (χ0) is 17.2. The van der Waals surface area contributed by atoms with Gasteiger partial charge in [0.15, 0.2) is 0 Å². The fourth-order valence-corrected chi connectivity index (χ4v) is 6.27. The third-order valence-electron chi connectivity index (χ3n) is 7.07. The average Bonchev–Trinajstić information content (AvgIpc) is 3.00. The number of fused-ring (bicyclic) bond motifs is 4. The molecular weight excluding hydrogens is 348 g/mol. The van der Waals surface area contributed by atoms with Crippen molar-refractivity contribution in [3.63, 3.8) is 0 Å². The number of carbonyl (C=O) groups excluding carboxylic acids is 1. The summed E-state index contributed by atoms with van der Waals surface area (Å²) in [5, 5.41) is 1.28. The van der Waals surface area contributed by atoms with Gasteiger partial charge in [0.2, 0.25) is 0 Å². The normalized spacial score (nSPS) is 34.7. The largest absolute Gasteiger partial charge is 0.468 e. The Morgan fingerprint density at radius 1 is 1.38 bits per heavy atom. The van der Waals surface area contributed by atoms with Crippen molar-refractivity contribution in [1.82, 2.24) is 9.88 Å². The van der Waals surface area contributed by atoms with Gasteiger partial charge in [-0.1, -0.05) is 31.5 Å². The van der Waals surface area contributed by atoms with Crippen molar-refractivity contribution in [2.75, 3.05) is 20.2 Å². The zero-order valence-electron chi connectivity index (χ0n) is 15.5. The number of rotatable bonds is 2. The van der Waals surface area contributed by atoms with Crippen LogP contribution in [0.3, 0.4) is 0 Å². The van der Waals surface area contributed by atoms with Crippen LogP contribution in [-0.2, 0) is 21.4 Å². The highest BCUT2D eigenvalue weighted by Gasteiger charge is 2.62. The maximum absolute atomic E-state index is 13.3. The number of methoxy groups -OCH3 is 1. The number of carbonyl (C=O) groups is 1. The highest BCUT2D eigenvalue weighted by atomic mass is 35.5. The molecule has 4 nitrogen and oxygen atoms in total. The first-order valence-corrected chi connectivity index (χ1v) is 9.61. The molecule has 6 rings (SSSR count). The Morgan fingerprint density at radius 2 is 2.19 bits per heavy atom. The Balaban J connectivity index is 0.00000168. The van der Waals surface area contributed by atoms with Crippen molar-refractivity contribution in [3.05, 3.63) is 35.5 Å². The molecule has 3 aliphatic heterocycles.